The predicted octanol–water partition coefficient (Wildman–Crippen LogP) is 4.02. The van der Waals surface area contributed by atoms with Gasteiger partial charge in [-0.1, -0.05) is 19.9 Å². The third-order valence-corrected chi connectivity index (χ3v) is 7.24. The molecule has 3 nitrogen and oxygen atoms in total. The summed E-state index contributed by atoms with van der Waals surface area (Å²) in [6, 6.07) is 4.44. The van der Waals surface area contributed by atoms with Crippen molar-refractivity contribution in [1.29, 1.82) is 0 Å². The van der Waals surface area contributed by atoms with Gasteiger partial charge in [-0.25, -0.2) is 4.57 Å². The molecule has 4 heteroatoms. The van der Waals surface area contributed by atoms with Crippen molar-refractivity contribution >= 4 is 30.7 Å². The summed E-state index contributed by atoms with van der Waals surface area (Å²) in [7, 11) is 0.744. The molecule has 0 amide bonds. The Morgan fingerprint density at radius 2 is 2.00 bits per heavy atom. The number of aromatic nitrogens is 3. The Labute approximate surface area is 126 Å². The number of benzene rings is 1. The molecule has 0 aliphatic carbocycles. The van der Waals surface area contributed by atoms with E-state index in [0.717, 1.165) is 21.6 Å². The summed E-state index contributed by atoms with van der Waals surface area (Å²) >= 11 is 0. The lowest BCUT2D eigenvalue weighted by Crippen LogP contribution is -2.53. The number of aryl methyl sites for hydroxylation is 2. The number of hydrogen-bond donors (Lipinski definition) is 0. The van der Waals surface area contributed by atoms with Crippen LogP contribution in [0.2, 0.25) is 0 Å². The fourth-order valence-corrected chi connectivity index (χ4v) is 5.27. The van der Waals surface area contributed by atoms with Gasteiger partial charge in [0.2, 0.25) is 11.0 Å². The summed E-state index contributed by atoms with van der Waals surface area (Å²) < 4.78 is 4.94. The van der Waals surface area contributed by atoms with Gasteiger partial charge < -0.3 is 4.34 Å². The maximum atomic E-state index is 4.78. The molecule has 4 rings (SSSR count). The van der Waals surface area contributed by atoms with E-state index in [1.54, 1.807) is 0 Å². The van der Waals surface area contributed by atoms with Crippen molar-refractivity contribution in [3.63, 3.8) is 0 Å². The van der Waals surface area contributed by atoms with Crippen LogP contribution in [-0.4, -0.2) is 9.32 Å². The van der Waals surface area contributed by atoms with Crippen molar-refractivity contribution in [3.05, 3.63) is 35.8 Å². The van der Waals surface area contributed by atoms with Gasteiger partial charge in [-0.15, -0.1) is 0 Å². The highest BCUT2D eigenvalue weighted by Crippen LogP contribution is 2.47. The van der Waals surface area contributed by atoms with Crippen molar-refractivity contribution in [1.82, 2.24) is 9.32 Å². The second kappa shape index (κ2) is 4.27. The Morgan fingerprint density at radius 1 is 1.24 bits per heavy atom. The Bertz CT molecular complexity index is 875. The van der Waals surface area contributed by atoms with Crippen LogP contribution in [0.4, 0.5) is 0 Å². The molecule has 2 aromatic heterocycles. The number of nitrogens with zero attached hydrogens (tertiary/aromatic N) is 3. The predicted molar refractivity (Wildman–Crippen MR) is 89.2 cm³/mol. The van der Waals surface area contributed by atoms with Crippen molar-refractivity contribution in [2.24, 2.45) is 0 Å². The zero-order valence-corrected chi connectivity index (χ0v) is 14.1. The van der Waals surface area contributed by atoms with Crippen molar-refractivity contribution in [3.8, 4) is 0 Å². The van der Waals surface area contributed by atoms with Crippen molar-refractivity contribution in [2.75, 3.05) is 0 Å². The maximum absolute atomic E-state index is 4.78. The molecule has 0 saturated heterocycles. The summed E-state index contributed by atoms with van der Waals surface area (Å²) in [6.07, 6.45) is 6.60. The summed E-state index contributed by atoms with van der Waals surface area (Å²) in [5, 5.41) is 1.56. The highest BCUT2D eigenvalue weighted by Gasteiger charge is 2.41. The van der Waals surface area contributed by atoms with Crippen LogP contribution in [0.3, 0.4) is 0 Å². The second-order valence-electron chi connectivity index (χ2n) is 6.05. The van der Waals surface area contributed by atoms with Gasteiger partial charge in [0.05, 0.1) is 0 Å². The minimum Gasteiger partial charge on any atom is -0.321 e. The highest BCUT2D eigenvalue weighted by molar-refractivity contribution is 7.37. The fraction of sp³-hybridized carbons (Fsp3) is 0.412. The van der Waals surface area contributed by atoms with Crippen LogP contribution in [0.1, 0.15) is 37.8 Å². The third kappa shape index (κ3) is 1.48. The number of imidazole rings is 1. The van der Waals surface area contributed by atoms with Crippen LogP contribution in [0, 0.1) is 13.8 Å². The van der Waals surface area contributed by atoms with Crippen LogP contribution in [0.25, 0.3) is 21.9 Å². The minimum absolute atomic E-state index is 0.183. The number of pyridine rings is 1. The van der Waals surface area contributed by atoms with E-state index in [0.29, 0.717) is 0 Å². The largest absolute Gasteiger partial charge is 0.321 e. The first-order valence-corrected chi connectivity index (χ1v) is 8.67. The Balaban J connectivity index is 2.29. The molecular formula is C17H21N3P+. The van der Waals surface area contributed by atoms with Crippen molar-refractivity contribution < 1.29 is 4.57 Å². The summed E-state index contributed by atoms with van der Waals surface area (Å²) in [6.45, 7) is 9.03. The first-order chi connectivity index (χ1) is 10.1. The lowest BCUT2D eigenvalue weighted by Gasteiger charge is -2.33. The van der Waals surface area contributed by atoms with Crippen LogP contribution in [0.5, 0.6) is 0 Å². The van der Waals surface area contributed by atoms with Crippen LogP contribution in [0.15, 0.2) is 24.7 Å². The van der Waals surface area contributed by atoms with Gasteiger partial charge in [-0.3, -0.25) is 0 Å². The molecule has 1 atom stereocenters. The molecule has 0 N–H and O–H groups in total. The fourth-order valence-electron chi connectivity index (χ4n) is 3.73. The second-order valence-corrected chi connectivity index (χ2v) is 7.69. The zero-order valence-electron chi connectivity index (χ0n) is 13.1. The van der Waals surface area contributed by atoms with Crippen LogP contribution in [-0.2, 0) is 5.28 Å². The topological polar surface area (TPSA) is 21.7 Å². The Morgan fingerprint density at radius 3 is 2.71 bits per heavy atom. The van der Waals surface area contributed by atoms with Gasteiger partial charge in [-0.2, -0.15) is 0 Å². The smallest absolute Gasteiger partial charge is 0.288 e. The Kier molecular flexibility index (Phi) is 2.68. The molecule has 0 fully saturated rings. The third-order valence-electron chi connectivity index (χ3n) is 5.27. The van der Waals surface area contributed by atoms with E-state index in [4.69, 9.17) is 4.98 Å². The molecule has 1 aromatic carbocycles. The van der Waals surface area contributed by atoms with Gasteiger partial charge in [-0.05, 0) is 43.3 Å². The molecule has 108 valence electrons. The molecule has 1 aliphatic heterocycles. The van der Waals surface area contributed by atoms with Gasteiger partial charge in [0.1, 0.15) is 10.8 Å². The lowest BCUT2D eigenvalue weighted by atomic mass is 10.0. The monoisotopic (exact) mass is 298 g/mol. The number of rotatable bonds is 2. The molecule has 0 radical (unpaired) electrons. The average molecular weight is 298 g/mol. The molecule has 3 heterocycles. The molecule has 3 aromatic rings. The maximum Gasteiger partial charge on any atom is 0.288 e. The molecule has 0 bridgehead atoms. The van der Waals surface area contributed by atoms with E-state index in [9.17, 15) is 0 Å². The van der Waals surface area contributed by atoms with E-state index >= 15 is 0 Å². The normalized spacial score (nSPS) is 17.3. The van der Waals surface area contributed by atoms with Gasteiger partial charge >= 0.3 is 0 Å². The molecular weight excluding hydrogens is 277 g/mol. The van der Waals surface area contributed by atoms with Gasteiger partial charge in [0.15, 0.2) is 0 Å². The molecule has 0 spiro atoms. The van der Waals surface area contributed by atoms with E-state index in [2.05, 4.69) is 61.3 Å². The minimum atomic E-state index is 0.183. The molecule has 0 saturated carbocycles. The van der Waals surface area contributed by atoms with Crippen LogP contribution >= 0.6 is 8.73 Å². The van der Waals surface area contributed by atoms with E-state index < -0.39 is 0 Å². The Hall–Kier alpha value is -1.47. The summed E-state index contributed by atoms with van der Waals surface area (Å²) in [4.78, 5) is 4.78. The highest BCUT2D eigenvalue weighted by atomic mass is 31.1. The summed E-state index contributed by atoms with van der Waals surface area (Å²) in [5.74, 6) is 0. The van der Waals surface area contributed by atoms with E-state index in [1.807, 2.05) is 0 Å². The SMILES string of the molecule is CCC1(CC)Pn2cccc3c(C)c(C)c4nc[n+]1c4c32. The first kappa shape index (κ1) is 13.2. The first-order valence-electron chi connectivity index (χ1n) is 7.72. The standard InChI is InChI=1S/C17H21N3P/c1-5-17(6-2)19-10-18-14-12(4)11(3)13-8-7-9-20(21-17)15(13)16(14)19/h7-10,21H,5-6H2,1-4H3/q+1. The molecule has 1 unspecified atom stereocenters. The molecule has 1 aliphatic rings. The zero-order chi connectivity index (χ0) is 14.8. The van der Waals surface area contributed by atoms with E-state index in [-0.39, 0.29) is 5.28 Å². The average Bonchev–Trinajstić information content (AvgIpc) is 2.97. The lowest BCUT2D eigenvalue weighted by molar-refractivity contribution is -0.716. The summed E-state index contributed by atoms with van der Waals surface area (Å²) in [5.41, 5.74) is 6.55. The van der Waals surface area contributed by atoms with Gasteiger partial charge in [0, 0.05) is 25.9 Å². The van der Waals surface area contributed by atoms with Gasteiger partial charge in [0.25, 0.3) is 6.33 Å². The molecule has 21 heavy (non-hydrogen) atoms. The van der Waals surface area contributed by atoms with E-state index in [1.165, 1.54) is 33.1 Å². The van der Waals surface area contributed by atoms with Crippen LogP contribution < -0.4 is 4.57 Å². The quantitative estimate of drug-likeness (QED) is 0.517. The van der Waals surface area contributed by atoms with Crippen molar-refractivity contribution in [2.45, 2.75) is 45.8 Å². The number of hydrogen-bond acceptors (Lipinski definition) is 1.